The summed E-state index contributed by atoms with van der Waals surface area (Å²) < 4.78 is 5.04. The average molecular weight is 249 g/mol. The molecule has 0 aliphatic rings. The molecule has 1 N–H and O–H groups in total. The van der Waals surface area contributed by atoms with Crippen LogP contribution in [-0.2, 0) is 0 Å². The first-order chi connectivity index (χ1) is 8.24. The molecule has 2 aromatic rings. The van der Waals surface area contributed by atoms with E-state index < -0.39 is 6.09 Å². The number of anilines is 1. The van der Waals surface area contributed by atoms with Crippen molar-refractivity contribution in [3.63, 3.8) is 0 Å². The van der Waals surface area contributed by atoms with Gasteiger partial charge >= 0.3 is 6.09 Å². The van der Waals surface area contributed by atoms with Crippen LogP contribution >= 0.6 is 11.6 Å². The summed E-state index contributed by atoms with van der Waals surface area (Å²) in [5.74, 6) is 0.388. The van der Waals surface area contributed by atoms with Gasteiger partial charge in [0.15, 0.2) is 0 Å². The van der Waals surface area contributed by atoms with Gasteiger partial charge in [-0.1, -0.05) is 17.7 Å². The van der Waals surface area contributed by atoms with E-state index in [1.165, 1.54) is 6.20 Å². The molecule has 86 valence electrons. The second-order valence-electron chi connectivity index (χ2n) is 3.21. The summed E-state index contributed by atoms with van der Waals surface area (Å²) in [5, 5.41) is 3.05. The number of nitrogens with zero attached hydrogens (tertiary/aromatic N) is 1. The lowest BCUT2D eigenvalue weighted by molar-refractivity contribution is 0.215. The minimum atomic E-state index is -0.583. The van der Waals surface area contributed by atoms with E-state index in [1.807, 2.05) is 0 Å². The van der Waals surface area contributed by atoms with Gasteiger partial charge in [0, 0.05) is 11.2 Å². The maximum atomic E-state index is 11.5. The molecule has 1 aromatic carbocycles. The summed E-state index contributed by atoms with van der Waals surface area (Å²) in [5.41, 5.74) is 0.569. The minimum Gasteiger partial charge on any atom is -0.410 e. The van der Waals surface area contributed by atoms with Gasteiger partial charge in [-0.25, -0.2) is 4.79 Å². The lowest BCUT2D eigenvalue weighted by Crippen LogP contribution is -2.16. The van der Waals surface area contributed by atoms with Crippen molar-refractivity contribution in [1.29, 1.82) is 0 Å². The molecule has 1 heterocycles. The van der Waals surface area contributed by atoms with E-state index in [1.54, 1.807) is 42.6 Å². The Labute approximate surface area is 103 Å². The molecular formula is C12H9ClN2O2. The highest BCUT2D eigenvalue weighted by Gasteiger charge is 2.04. The van der Waals surface area contributed by atoms with Crippen LogP contribution in [0.2, 0.25) is 5.02 Å². The molecule has 0 radical (unpaired) electrons. The molecule has 0 spiro atoms. The number of carbonyl (C=O) groups excluding carboxylic acids is 1. The fraction of sp³-hybridized carbons (Fsp3) is 0. The Morgan fingerprint density at radius 1 is 1.29 bits per heavy atom. The number of benzene rings is 1. The monoisotopic (exact) mass is 248 g/mol. The summed E-state index contributed by atoms with van der Waals surface area (Å²) in [4.78, 5) is 15.4. The largest absolute Gasteiger partial charge is 0.417 e. The second kappa shape index (κ2) is 5.32. The number of nitrogens with one attached hydrogen (secondary N) is 1. The van der Waals surface area contributed by atoms with Gasteiger partial charge in [-0.3, -0.25) is 10.3 Å². The third-order valence-corrected chi connectivity index (χ3v) is 2.15. The van der Waals surface area contributed by atoms with Crippen molar-refractivity contribution < 1.29 is 9.53 Å². The van der Waals surface area contributed by atoms with Gasteiger partial charge in [0.2, 0.25) is 0 Å². The van der Waals surface area contributed by atoms with Crippen LogP contribution in [0.15, 0.2) is 48.8 Å². The first-order valence-electron chi connectivity index (χ1n) is 4.88. The van der Waals surface area contributed by atoms with Crippen molar-refractivity contribution >= 4 is 23.4 Å². The van der Waals surface area contributed by atoms with Gasteiger partial charge in [0.1, 0.15) is 5.75 Å². The van der Waals surface area contributed by atoms with E-state index in [-0.39, 0.29) is 0 Å². The SMILES string of the molecule is O=C(Nc1cccnc1)Oc1cccc(Cl)c1. The molecule has 0 saturated heterocycles. The highest BCUT2D eigenvalue weighted by Crippen LogP contribution is 2.17. The maximum Gasteiger partial charge on any atom is 0.417 e. The fourth-order valence-electron chi connectivity index (χ4n) is 1.22. The number of halogens is 1. The molecule has 0 bridgehead atoms. The molecular weight excluding hydrogens is 240 g/mol. The molecule has 0 aliphatic carbocycles. The van der Waals surface area contributed by atoms with Gasteiger partial charge in [-0.15, -0.1) is 0 Å². The molecule has 17 heavy (non-hydrogen) atoms. The van der Waals surface area contributed by atoms with Crippen molar-refractivity contribution in [2.75, 3.05) is 5.32 Å². The van der Waals surface area contributed by atoms with Crippen LogP contribution in [0.5, 0.6) is 5.75 Å². The van der Waals surface area contributed by atoms with E-state index in [4.69, 9.17) is 16.3 Å². The van der Waals surface area contributed by atoms with Crippen LogP contribution < -0.4 is 10.1 Å². The molecule has 0 atom stereocenters. The second-order valence-corrected chi connectivity index (χ2v) is 3.65. The molecule has 0 saturated carbocycles. The van der Waals surface area contributed by atoms with Crippen LogP contribution in [0.4, 0.5) is 10.5 Å². The molecule has 1 amide bonds. The van der Waals surface area contributed by atoms with Gasteiger partial charge < -0.3 is 4.74 Å². The zero-order valence-electron chi connectivity index (χ0n) is 8.76. The zero-order chi connectivity index (χ0) is 12.1. The van der Waals surface area contributed by atoms with Crippen LogP contribution in [0.3, 0.4) is 0 Å². The van der Waals surface area contributed by atoms with Crippen molar-refractivity contribution in [2.24, 2.45) is 0 Å². The quantitative estimate of drug-likeness (QED) is 0.887. The smallest absolute Gasteiger partial charge is 0.410 e. The van der Waals surface area contributed by atoms with Crippen LogP contribution in [-0.4, -0.2) is 11.1 Å². The fourth-order valence-corrected chi connectivity index (χ4v) is 1.40. The number of carbonyl (C=O) groups is 1. The topological polar surface area (TPSA) is 51.2 Å². The third kappa shape index (κ3) is 3.46. The number of ether oxygens (including phenoxy) is 1. The molecule has 0 aliphatic heterocycles. The number of aromatic nitrogens is 1. The Balaban J connectivity index is 1.98. The third-order valence-electron chi connectivity index (χ3n) is 1.91. The first-order valence-corrected chi connectivity index (χ1v) is 5.26. The predicted molar refractivity (Wildman–Crippen MR) is 65.3 cm³/mol. The molecule has 5 heteroatoms. The predicted octanol–water partition coefficient (Wildman–Crippen LogP) is 3.35. The molecule has 4 nitrogen and oxygen atoms in total. The number of rotatable bonds is 2. The molecule has 1 aromatic heterocycles. The Bertz CT molecular complexity index is 517. The highest BCUT2D eigenvalue weighted by atomic mass is 35.5. The van der Waals surface area contributed by atoms with Crippen LogP contribution in [0.1, 0.15) is 0 Å². The average Bonchev–Trinajstić information content (AvgIpc) is 2.30. The van der Waals surface area contributed by atoms with Crippen LogP contribution in [0, 0.1) is 0 Å². The normalized spacial score (nSPS) is 9.71. The zero-order valence-corrected chi connectivity index (χ0v) is 9.52. The first kappa shape index (κ1) is 11.4. The van der Waals surface area contributed by atoms with Crippen molar-refractivity contribution in [1.82, 2.24) is 4.98 Å². The highest BCUT2D eigenvalue weighted by molar-refractivity contribution is 6.30. The summed E-state index contributed by atoms with van der Waals surface area (Å²) in [6.45, 7) is 0. The van der Waals surface area contributed by atoms with Crippen LogP contribution in [0.25, 0.3) is 0 Å². The lowest BCUT2D eigenvalue weighted by Gasteiger charge is -2.06. The van der Waals surface area contributed by atoms with E-state index in [9.17, 15) is 4.79 Å². The summed E-state index contributed by atoms with van der Waals surface area (Å²) in [7, 11) is 0. The van der Waals surface area contributed by atoms with Gasteiger partial charge in [-0.2, -0.15) is 0 Å². The molecule has 0 unspecified atom stereocenters. The Hall–Kier alpha value is -2.07. The van der Waals surface area contributed by atoms with E-state index in [2.05, 4.69) is 10.3 Å². The number of hydrogen-bond donors (Lipinski definition) is 1. The van der Waals surface area contributed by atoms with Gasteiger partial charge in [0.25, 0.3) is 0 Å². The molecule has 0 fully saturated rings. The number of pyridine rings is 1. The van der Waals surface area contributed by atoms with E-state index in [0.29, 0.717) is 16.5 Å². The van der Waals surface area contributed by atoms with E-state index >= 15 is 0 Å². The summed E-state index contributed by atoms with van der Waals surface area (Å²) >= 11 is 5.77. The maximum absolute atomic E-state index is 11.5. The standard InChI is InChI=1S/C12H9ClN2O2/c13-9-3-1-5-11(7-9)17-12(16)15-10-4-2-6-14-8-10/h1-8H,(H,15,16). The summed E-state index contributed by atoms with van der Waals surface area (Å²) in [6, 6.07) is 10.0. The summed E-state index contributed by atoms with van der Waals surface area (Å²) in [6.07, 6.45) is 2.56. The lowest BCUT2D eigenvalue weighted by atomic mass is 10.3. The van der Waals surface area contributed by atoms with Crippen molar-refractivity contribution in [3.05, 3.63) is 53.8 Å². The van der Waals surface area contributed by atoms with Crippen molar-refractivity contribution in [3.8, 4) is 5.75 Å². The van der Waals surface area contributed by atoms with Gasteiger partial charge in [0.05, 0.1) is 11.9 Å². The Morgan fingerprint density at radius 3 is 2.88 bits per heavy atom. The minimum absolute atomic E-state index is 0.388. The molecule has 2 rings (SSSR count). The van der Waals surface area contributed by atoms with Crippen molar-refractivity contribution in [2.45, 2.75) is 0 Å². The number of hydrogen-bond acceptors (Lipinski definition) is 3. The Morgan fingerprint density at radius 2 is 2.18 bits per heavy atom. The number of amides is 1. The van der Waals surface area contributed by atoms with Gasteiger partial charge in [-0.05, 0) is 30.3 Å². The Kier molecular flexibility index (Phi) is 3.57. The van der Waals surface area contributed by atoms with E-state index in [0.717, 1.165) is 0 Å².